The average molecular weight is 395 g/mol. The van der Waals surface area contributed by atoms with E-state index in [9.17, 15) is 10.2 Å². The van der Waals surface area contributed by atoms with Crippen molar-refractivity contribution in [2.24, 2.45) is 0 Å². The molecule has 2 N–H and O–H groups in total. The first kappa shape index (κ1) is 21.9. The first-order chi connectivity index (χ1) is 12.5. The zero-order valence-corrected chi connectivity index (χ0v) is 17.9. The third kappa shape index (κ3) is 7.30. The van der Waals surface area contributed by atoms with E-state index in [0.717, 1.165) is 12.8 Å². The van der Waals surface area contributed by atoms with E-state index in [1.54, 1.807) is 0 Å². The topological polar surface area (TPSA) is 40.5 Å². The summed E-state index contributed by atoms with van der Waals surface area (Å²) in [5, 5.41) is 21.5. The largest absolute Gasteiger partial charge is 0.375 e. The molecule has 0 spiro atoms. The number of hydrogen-bond donors (Lipinski definition) is 2. The van der Waals surface area contributed by atoms with Gasteiger partial charge in [-0.15, -0.1) is 0 Å². The molecule has 26 heavy (non-hydrogen) atoms. The zero-order chi connectivity index (χ0) is 18.9. The van der Waals surface area contributed by atoms with Crippen LogP contribution in [-0.2, 0) is 0 Å². The molecule has 0 amide bonds. The number of rotatable bonds is 11. The Bertz CT molecular complexity index is 514. The first-order valence-corrected chi connectivity index (χ1v) is 12.2. The third-order valence-corrected chi connectivity index (χ3v) is 8.15. The second kappa shape index (κ2) is 10.8. The second-order valence-electron chi connectivity index (χ2n) is 7.40. The van der Waals surface area contributed by atoms with Crippen molar-refractivity contribution in [2.45, 2.75) is 87.9 Å². The average Bonchev–Trinajstić information content (AvgIpc) is 2.64. The minimum atomic E-state index is -0.923. The van der Waals surface area contributed by atoms with Crippen molar-refractivity contribution in [3.05, 3.63) is 47.6 Å². The lowest BCUT2D eigenvalue weighted by Crippen LogP contribution is -2.26. The van der Waals surface area contributed by atoms with Crippen molar-refractivity contribution in [3.63, 3.8) is 0 Å². The molecule has 0 aromatic carbocycles. The Kier molecular flexibility index (Phi) is 9.08. The summed E-state index contributed by atoms with van der Waals surface area (Å²) in [6.45, 7) is 4.43. The predicted molar refractivity (Wildman–Crippen MR) is 117 cm³/mol. The van der Waals surface area contributed by atoms with Crippen LogP contribution in [0.15, 0.2) is 47.6 Å². The van der Waals surface area contributed by atoms with Crippen LogP contribution in [0.2, 0.25) is 0 Å². The molecule has 2 rings (SSSR count). The summed E-state index contributed by atoms with van der Waals surface area (Å²) in [4.78, 5) is -1.85. The monoisotopic (exact) mass is 394 g/mol. The van der Waals surface area contributed by atoms with Gasteiger partial charge in [0, 0.05) is 12.8 Å². The second-order valence-corrected chi connectivity index (χ2v) is 10.2. The zero-order valence-electron chi connectivity index (χ0n) is 16.2. The van der Waals surface area contributed by atoms with Crippen LogP contribution in [0.3, 0.4) is 0 Å². The van der Waals surface area contributed by atoms with Gasteiger partial charge in [-0.25, -0.2) is 0 Å². The Labute approximate surface area is 167 Å². The van der Waals surface area contributed by atoms with Gasteiger partial charge in [0.05, 0.1) is 0 Å². The van der Waals surface area contributed by atoms with E-state index in [1.807, 2.05) is 12.2 Å². The van der Waals surface area contributed by atoms with E-state index in [0.29, 0.717) is 12.8 Å². The van der Waals surface area contributed by atoms with E-state index < -0.39 is 9.87 Å². The highest BCUT2D eigenvalue weighted by atomic mass is 33.1. The quantitative estimate of drug-likeness (QED) is 0.233. The Balaban J connectivity index is 1.77. The molecule has 0 fully saturated rings. The SMILES string of the molecule is CCCCCC1=CCC(O)(SSC2(O)C=CC(CCCCC)=CC2)C=C1. The first-order valence-electron chi connectivity index (χ1n) is 10.1. The minimum Gasteiger partial charge on any atom is -0.375 e. The van der Waals surface area contributed by atoms with Gasteiger partial charge in [0.2, 0.25) is 0 Å². The lowest BCUT2D eigenvalue weighted by atomic mass is 9.99. The van der Waals surface area contributed by atoms with Gasteiger partial charge in [-0.1, -0.05) is 96.6 Å². The van der Waals surface area contributed by atoms with Gasteiger partial charge in [0.15, 0.2) is 0 Å². The Morgan fingerprint density at radius 3 is 1.50 bits per heavy atom. The van der Waals surface area contributed by atoms with Crippen LogP contribution in [-0.4, -0.2) is 20.1 Å². The summed E-state index contributed by atoms with van der Waals surface area (Å²) in [6, 6.07) is 0. The van der Waals surface area contributed by atoms with E-state index >= 15 is 0 Å². The summed E-state index contributed by atoms with van der Waals surface area (Å²) in [5.74, 6) is 0. The Hall–Kier alpha value is -0.420. The van der Waals surface area contributed by atoms with Gasteiger partial charge in [-0.05, 0) is 37.8 Å². The summed E-state index contributed by atoms with van der Waals surface area (Å²) in [5.41, 5.74) is 2.65. The molecule has 0 aromatic rings. The summed E-state index contributed by atoms with van der Waals surface area (Å²) >= 11 is 0. The molecular formula is C22H34O2S2. The maximum Gasteiger partial charge on any atom is 0.142 e. The van der Waals surface area contributed by atoms with Crippen LogP contribution in [0.25, 0.3) is 0 Å². The standard InChI is InChI=1S/C22H34O2S2/c1-3-5-7-9-19-11-15-21(23,16-12-19)25-26-22(24)17-13-20(14-18-22)10-8-6-4-2/h11-15,17,23-24H,3-10,16,18H2,1-2H3. The van der Waals surface area contributed by atoms with Crippen molar-refractivity contribution in [2.75, 3.05) is 0 Å². The number of hydrogen-bond acceptors (Lipinski definition) is 4. The van der Waals surface area contributed by atoms with Crippen molar-refractivity contribution < 1.29 is 10.2 Å². The van der Waals surface area contributed by atoms with E-state index in [4.69, 9.17) is 0 Å². The normalized spacial score (nSPS) is 28.2. The molecule has 2 atom stereocenters. The smallest absolute Gasteiger partial charge is 0.142 e. The highest BCUT2D eigenvalue weighted by Gasteiger charge is 2.33. The van der Waals surface area contributed by atoms with Crippen molar-refractivity contribution in [3.8, 4) is 0 Å². The molecule has 4 heteroatoms. The minimum absolute atomic E-state index is 0.612. The van der Waals surface area contributed by atoms with Gasteiger partial charge in [0.25, 0.3) is 0 Å². The maximum atomic E-state index is 10.8. The predicted octanol–water partition coefficient (Wildman–Crippen LogP) is 6.68. The molecule has 0 aromatic heterocycles. The molecule has 0 heterocycles. The summed E-state index contributed by atoms with van der Waals surface area (Å²) in [7, 11) is 2.74. The van der Waals surface area contributed by atoms with Gasteiger partial charge < -0.3 is 10.2 Å². The molecule has 0 aliphatic heterocycles. The molecule has 0 radical (unpaired) electrons. The molecule has 2 aliphatic carbocycles. The van der Waals surface area contributed by atoms with Gasteiger partial charge in [-0.2, -0.15) is 0 Å². The molecule has 2 nitrogen and oxygen atoms in total. The van der Waals surface area contributed by atoms with Crippen LogP contribution in [0, 0.1) is 0 Å². The fourth-order valence-electron chi connectivity index (χ4n) is 3.10. The number of aliphatic hydroxyl groups is 2. The molecule has 146 valence electrons. The van der Waals surface area contributed by atoms with Crippen LogP contribution in [0.4, 0.5) is 0 Å². The summed E-state index contributed by atoms with van der Waals surface area (Å²) in [6.07, 6.45) is 23.0. The summed E-state index contributed by atoms with van der Waals surface area (Å²) < 4.78 is 0. The van der Waals surface area contributed by atoms with Gasteiger partial charge >= 0.3 is 0 Å². The Morgan fingerprint density at radius 2 is 1.19 bits per heavy atom. The van der Waals surface area contributed by atoms with E-state index in [1.165, 1.54) is 71.3 Å². The van der Waals surface area contributed by atoms with Crippen LogP contribution in [0.1, 0.15) is 78.1 Å². The number of allylic oxidation sites excluding steroid dienone is 4. The van der Waals surface area contributed by atoms with Crippen molar-refractivity contribution in [1.29, 1.82) is 0 Å². The van der Waals surface area contributed by atoms with Crippen molar-refractivity contribution in [1.82, 2.24) is 0 Å². The number of unbranched alkanes of at least 4 members (excludes halogenated alkanes) is 4. The molecule has 2 aliphatic rings. The molecular weight excluding hydrogens is 360 g/mol. The maximum absolute atomic E-state index is 10.8. The lowest BCUT2D eigenvalue weighted by Gasteiger charge is -2.31. The Morgan fingerprint density at radius 1 is 0.769 bits per heavy atom. The molecule has 0 saturated carbocycles. The van der Waals surface area contributed by atoms with Gasteiger partial charge in [0.1, 0.15) is 9.87 Å². The van der Waals surface area contributed by atoms with Crippen LogP contribution < -0.4 is 0 Å². The van der Waals surface area contributed by atoms with Crippen molar-refractivity contribution >= 4 is 21.6 Å². The fraction of sp³-hybridized carbons (Fsp3) is 0.636. The lowest BCUT2D eigenvalue weighted by molar-refractivity contribution is 0.186. The van der Waals surface area contributed by atoms with Crippen LogP contribution in [0.5, 0.6) is 0 Å². The fourth-order valence-corrected chi connectivity index (χ4v) is 5.54. The molecule has 2 unspecified atom stereocenters. The van der Waals surface area contributed by atoms with E-state index in [2.05, 4.69) is 38.2 Å². The molecule has 0 saturated heterocycles. The van der Waals surface area contributed by atoms with Crippen LogP contribution >= 0.6 is 21.6 Å². The highest BCUT2D eigenvalue weighted by Crippen LogP contribution is 2.48. The highest BCUT2D eigenvalue weighted by molar-refractivity contribution is 8.77. The van der Waals surface area contributed by atoms with E-state index in [-0.39, 0.29) is 0 Å². The molecule has 0 bridgehead atoms. The van der Waals surface area contributed by atoms with Gasteiger partial charge in [-0.3, -0.25) is 0 Å². The third-order valence-electron chi connectivity index (χ3n) is 4.90.